The van der Waals surface area contributed by atoms with E-state index in [1.807, 2.05) is 19.3 Å². The highest BCUT2D eigenvalue weighted by molar-refractivity contribution is 6.33. The van der Waals surface area contributed by atoms with Crippen LogP contribution < -0.4 is 10.6 Å². The molecule has 0 saturated heterocycles. The van der Waals surface area contributed by atoms with E-state index in [0.29, 0.717) is 35.0 Å². The molecule has 0 aliphatic rings. The number of imidazole rings is 1. The number of halogens is 1. The second-order valence-electron chi connectivity index (χ2n) is 5.49. The van der Waals surface area contributed by atoms with Crippen LogP contribution in [0.15, 0.2) is 42.7 Å². The highest BCUT2D eigenvalue weighted by Gasteiger charge is 2.15. The van der Waals surface area contributed by atoms with Crippen LogP contribution in [-0.2, 0) is 13.0 Å². The molecule has 2 aromatic heterocycles. The fourth-order valence-corrected chi connectivity index (χ4v) is 2.80. The standard InChI is InChI=1S/C18H16ClN5O/c1-21-9-13-11-24-16(10-22-17(24)8-12(13)6-7-20)18(25)23-15-5-3-2-4-14(15)19/h2-5,8,10-11,21H,6,9H2,1H3,(H,23,25). The minimum absolute atomic E-state index is 0.293. The molecule has 3 rings (SSSR count). The molecule has 0 aliphatic carbocycles. The lowest BCUT2D eigenvalue weighted by Gasteiger charge is -2.10. The van der Waals surface area contributed by atoms with Crippen molar-refractivity contribution < 1.29 is 4.79 Å². The molecule has 2 heterocycles. The van der Waals surface area contributed by atoms with Crippen LogP contribution in [0, 0.1) is 11.3 Å². The van der Waals surface area contributed by atoms with Gasteiger partial charge in [0.2, 0.25) is 0 Å². The highest BCUT2D eigenvalue weighted by atomic mass is 35.5. The smallest absolute Gasteiger partial charge is 0.274 e. The van der Waals surface area contributed by atoms with E-state index >= 15 is 0 Å². The van der Waals surface area contributed by atoms with Gasteiger partial charge in [-0.1, -0.05) is 23.7 Å². The molecule has 1 amide bonds. The summed E-state index contributed by atoms with van der Waals surface area (Å²) in [6, 6.07) is 11.0. The Morgan fingerprint density at radius 1 is 1.36 bits per heavy atom. The molecule has 0 aliphatic heterocycles. The number of nitrogens with one attached hydrogen (secondary N) is 2. The van der Waals surface area contributed by atoms with Gasteiger partial charge in [0.25, 0.3) is 5.91 Å². The summed E-state index contributed by atoms with van der Waals surface area (Å²) in [6.45, 7) is 0.594. The van der Waals surface area contributed by atoms with Gasteiger partial charge in [-0.2, -0.15) is 5.26 Å². The number of nitriles is 1. The fourth-order valence-electron chi connectivity index (χ4n) is 2.62. The van der Waals surface area contributed by atoms with Crippen LogP contribution in [-0.4, -0.2) is 22.3 Å². The molecule has 0 saturated carbocycles. The number of pyridine rings is 1. The number of fused-ring (bicyclic) bond motifs is 1. The summed E-state index contributed by atoms with van der Waals surface area (Å²) in [5, 5.41) is 15.3. The average Bonchev–Trinajstić information content (AvgIpc) is 3.00. The van der Waals surface area contributed by atoms with Crippen LogP contribution >= 0.6 is 11.6 Å². The zero-order valence-corrected chi connectivity index (χ0v) is 14.3. The topological polar surface area (TPSA) is 82.2 Å². The van der Waals surface area contributed by atoms with Crippen LogP contribution in [0.5, 0.6) is 0 Å². The van der Waals surface area contributed by atoms with Crippen molar-refractivity contribution in [3.8, 4) is 6.07 Å². The Kier molecular flexibility index (Phi) is 4.98. The Bertz CT molecular complexity index is 973. The summed E-state index contributed by atoms with van der Waals surface area (Å²) in [5.41, 5.74) is 3.40. The van der Waals surface area contributed by atoms with E-state index in [9.17, 15) is 4.79 Å². The van der Waals surface area contributed by atoms with Crippen molar-refractivity contribution in [1.82, 2.24) is 14.7 Å². The molecule has 0 radical (unpaired) electrons. The van der Waals surface area contributed by atoms with Gasteiger partial charge in [-0.05, 0) is 36.4 Å². The molecule has 0 fully saturated rings. The molecule has 0 spiro atoms. The Hall–Kier alpha value is -2.88. The number of amides is 1. The predicted octanol–water partition coefficient (Wildman–Crippen LogP) is 3.03. The number of anilines is 1. The van der Waals surface area contributed by atoms with Gasteiger partial charge in [0.1, 0.15) is 11.3 Å². The van der Waals surface area contributed by atoms with Crippen LogP contribution in [0.25, 0.3) is 5.65 Å². The van der Waals surface area contributed by atoms with Gasteiger partial charge >= 0.3 is 0 Å². The minimum atomic E-state index is -0.302. The van der Waals surface area contributed by atoms with Crippen LogP contribution in [0.3, 0.4) is 0 Å². The maximum absolute atomic E-state index is 12.6. The Balaban J connectivity index is 1.99. The molecule has 3 aromatic rings. The van der Waals surface area contributed by atoms with Gasteiger partial charge in [-0.15, -0.1) is 0 Å². The van der Waals surface area contributed by atoms with E-state index in [4.69, 9.17) is 16.9 Å². The SMILES string of the molecule is CNCc1cn2c(C(=O)Nc3ccccc3Cl)cnc2cc1CC#N. The number of rotatable bonds is 5. The predicted molar refractivity (Wildman–Crippen MR) is 96.7 cm³/mol. The number of nitrogens with zero attached hydrogens (tertiary/aromatic N) is 3. The highest BCUT2D eigenvalue weighted by Crippen LogP contribution is 2.22. The largest absolute Gasteiger partial charge is 0.319 e. The van der Waals surface area contributed by atoms with Crippen LogP contribution in [0.4, 0.5) is 5.69 Å². The van der Waals surface area contributed by atoms with E-state index in [1.54, 1.807) is 28.7 Å². The fraction of sp³-hybridized carbons (Fsp3) is 0.167. The minimum Gasteiger partial charge on any atom is -0.319 e. The molecule has 25 heavy (non-hydrogen) atoms. The van der Waals surface area contributed by atoms with E-state index < -0.39 is 0 Å². The first kappa shape index (κ1) is 17.0. The number of para-hydroxylation sites is 1. The van der Waals surface area contributed by atoms with Crippen molar-refractivity contribution in [3.63, 3.8) is 0 Å². The average molecular weight is 354 g/mol. The lowest BCUT2D eigenvalue weighted by molar-refractivity contribution is 0.102. The molecule has 0 unspecified atom stereocenters. The van der Waals surface area contributed by atoms with Gasteiger partial charge < -0.3 is 10.6 Å². The molecule has 0 atom stereocenters. The first-order valence-corrected chi connectivity index (χ1v) is 8.08. The van der Waals surface area contributed by atoms with Crippen molar-refractivity contribution in [2.45, 2.75) is 13.0 Å². The second-order valence-corrected chi connectivity index (χ2v) is 5.90. The molecular formula is C18H16ClN5O. The summed E-state index contributed by atoms with van der Waals surface area (Å²) in [4.78, 5) is 16.9. The van der Waals surface area contributed by atoms with E-state index in [1.165, 1.54) is 6.20 Å². The summed E-state index contributed by atoms with van der Waals surface area (Å²) in [6.07, 6.45) is 3.65. The number of carbonyl (C=O) groups is 1. The quantitative estimate of drug-likeness (QED) is 0.738. The molecule has 126 valence electrons. The molecule has 2 N–H and O–H groups in total. The van der Waals surface area contributed by atoms with E-state index in [0.717, 1.165) is 11.1 Å². The van der Waals surface area contributed by atoms with Crippen molar-refractivity contribution in [1.29, 1.82) is 5.26 Å². The molecule has 1 aromatic carbocycles. The number of hydrogen-bond acceptors (Lipinski definition) is 4. The number of carbonyl (C=O) groups excluding carboxylic acids is 1. The summed E-state index contributed by atoms with van der Waals surface area (Å²) >= 11 is 6.09. The monoisotopic (exact) mass is 353 g/mol. The Labute approximate surface area is 150 Å². The second kappa shape index (κ2) is 7.34. The third kappa shape index (κ3) is 3.48. The zero-order chi connectivity index (χ0) is 17.8. The molecular weight excluding hydrogens is 338 g/mol. The summed E-state index contributed by atoms with van der Waals surface area (Å²) in [7, 11) is 1.83. The van der Waals surface area contributed by atoms with Gasteiger partial charge in [-0.3, -0.25) is 9.20 Å². The first-order chi connectivity index (χ1) is 12.1. The van der Waals surface area contributed by atoms with Crippen LogP contribution in [0.2, 0.25) is 5.02 Å². The third-order valence-corrected chi connectivity index (χ3v) is 4.15. The van der Waals surface area contributed by atoms with E-state index in [-0.39, 0.29) is 5.91 Å². The van der Waals surface area contributed by atoms with Crippen LogP contribution in [0.1, 0.15) is 21.6 Å². The van der Waals surface area contributed by atoms with Crippen molar-refractivity contribution in [3.05, 3.63) is 64.6 Å². The van der Waals surface area contributed by atoms with Gasteiger partial charge in [-0.25, -0.2) is 4.98 Å². The summed E-state index contributed by atoms with van der Waals surface area (Å²) in [5.74, 6) is -0.302. The number of benzene rings is 1. The third-order valence-electron chi connectivity index (χ3n) is 3.82. The molecule has 7 heteroatoms. The van der Waals surface area contributed by atoms with Crippen molar-refractivity contribution >= 4 is 28.8 Å². The van der Waals surface area contributed by atoms with Crippen molar-refractivity contribution in [2.75, 3.05) is 12.4 Å². The maximum Gasteiger partial charge on any atom is 0.274 e. The molecule has 0 bridgehead atoms. The van der Waals surface area contributed by atoms with Crippen molar-refractivity contribution in [2.24, 2.45) is 0 Å². The number of hydrogen-bond donors (Lipinski definition) is 2. The van der Waals surface area contributed by atoms with E-state index in [2.05, 4.69) is 21.7 Å². The van der Waals surface area contributed by atoms with Gasteiger partial charge in [0.15, 0.2) is 0 Å². The lowest BCUT2D eigenvalue weighted by Crippen LogP contribution is -2.15. The normalized spacial score (nSPS) is 10.6. The van der Waals surface area contributed by atoms with Gasteiger partial charge in [0.05, 0.1) is 29.4 Å². The number of aromatic nitrogens is 2. The Morgan fingerprint density at radius 2 is 2.16 bits per heavy atom. The summed E-state index contributed by atoms with van der Waals surface area (Å²) < 4.78 is 1.72. The maximum atomic E-state index is 12.6. The zero-order valence-electron chi connectivity index (χ0n) is 13.6. The first-order valence-electron chi connectivity index (χ1n) is 7.70. The van der Waals surface area contributed by atoms with Gasteiger partial charge in [0, 0.05) is 12.7 Å². The lowest BCUT2D eigenvalue weighted by atomic mass is 10.1. The molecule has 6 nitrogen and oxygen atoms in total. The Morgan fingerprint density at radius 3 is 2.88 bits per heavy atom.